The van der Waals surface area contributed by atoms with Crippen molar-refractivity contribution in [3.05, 3.63) is 51.2 Å². The van der Waals surface area contributed by atoms with Crippen LogP contribution in [0.5, 0.6) is 5.75 Å². The third kappa shape index (κ3) is 3.10. The Kier molecular flexibility index (Phi) is 3.85. The van der Waals surface area contributed by atoms with Crippen molar-refractivity contribution >= 4 is 11.3 Å². The minimum absolute atomic E-state index is 0.675. The fourth-order valence-electron chi connectivity index (χ4n) is 1.80. The number of benzene rings is 1. The number of hydrogen-bond donors (Lipinski definition) is 0. The highest BCUT2D eigenvalue weighted by atomic mass is 32.1. The van der Waals surface area contributed by atoms with E-state index in [9.17, 15) is 0 Å². The van der Waals surface area contributed by atoms with Crippen molar-refractivity contribution in [3.63, 3.8) is 0 Å². The minimum atomic E-state index is 0.675. The standard InChI is InChI=1S/C15H18OS/c1-4-13-6-7-14(17-13)10-16-15-8-5-11(2)9-12(15)3/h5-9H,4,10H2,1-3H3. The molecule has 0 aliphatic rings. The topological polar surface area (TPSA) is 9.23 Å². The van der Waals surface area contributed by atoms with Gasteiger partial charge in [0.25, 0.3) is 0 Å². The Hall–Kier alpha value is -1.28. The van der Waals surface area contributed by atoms with Gasteiger partial charge in [0.15, 0.2) is 0 Å². The molecule has 0 radical (unpaired) electrons. The molecule has 1 nitrogen and oxygen atoms in total. The lowest BCUT2D eigenvalue weighted by molar-refractivity contribution is 0.307. The first-order valence-electron chi connectivity index (χ1n) is 5.96. The predicted octanol–water partition coefficient (Wildman–Crippen LogP) is 4.51. The summed E-state index contributed by atoms with van der Waals surface area (Å²) >= 11 is 1.84. The molecule has 2 rings (SSSR count). The van der Waals surface area contributed by atoms with Crippen LogP contribution in [-0.2, 0) is 13.0 Å². The van der Waals surface area contributed by atoms with Gasteiger partial charge < -0.3 is 4.74 Å². The van der Waals surface area contributed by atoms with Gasteiger partial charge in [-0.25, -0.2) is 0 Å². The fraction of sp³-hybridized carbons (Fsp3) is 0.333. The second kappa shape index (κ2) is 5.37. The van der Waals surface area contributed by atoms with Crippen LogP contribution in [0.25, 0.3) is 0 Å². The van der Waals surface area contributed by atoms with Crippen LogP contribution >= 0.6 is 11.3 Å². The van der Waals surface area contributed by atoms with Crippen molar-refractivity contribution in [2.24, 2.45) is 0 Å². The van der Waals surface area contributed by atoms with Crippen LogP contribution in [-0.4, -0.2) is 0 Å². The van der Waals surface area contributed by atoms with E-state index in [4.69, 9.17) is 4.74 Å². The molecule has 0 aliphatic carbocycles. The quantitative estimate of drug-likeness (QED) is 0.771. The maximum absolute atomic E-state index is 5.85. The predicted molar refractivity (Wildman–Crippen MR) is 73.9 cm³/mol. The molecule has 0 unspecified atom stereocenters. The van der Waals surface area contributed by atoms with Crippen molar-refractivity contribution in [2.75, 3.05) is 0 Å². The van der Waals surface area contributed by atoms with Gasteiger partial charge in [-0.2, -0.15) is 0 Å². The number of aryl methyl sites for hydroxylation is 3. The minimum Gasteiger partial charge on any atom is -0.488 e. The molecule has 0 spiro atoms. The van der Waals surface area contributed by atoms with Crippen molar-refractivity contribution in [3.8, 4) is 5.75 Å². The summed E-state index contributed by atoms with van der Waals surface area (Å²) in [4.78, 5) is 2.71. The molecule has 0 bridgehead atoms. The maximum Gasteiger partial charge on any atom is 0.122 e. The van der Waals surface area contributed by atoms with Gasteiger partial charge in [0.2, 0.25) is 0 Å². The first-order valence-corrected chi connectivity index (χ1v) is 6.78. The molecule has 0 fully saturated rings. The number of ether oxygens (including phenoxy) is 1. The normalized spacial score (nSPS) is 10.5. The molecule has 0 atom stereocenters. The van der Waals surface area contributed by atoms with Crippen LogP contribution in [0.15, 0.2) is 30.3 Å². The molecule has 90 valence electrons. The zero-order chi connectivity index (χ0) is 12.3. The SMILES string of the molecule is CCc1ccc(COc2ccc(C)cc2C)s1. The van der Waals surface area contributed by atoms with E-state index in [-0.39, 0.29) is 0 Å². The summed E-state index contributed by atoms with van der Waals surface area (Å²) in [7, 11) is 0. The van der Waals surface area contributed by atoms with Gasteiger partial charge >= 0.3 is 0 Å². The van der Waals surface area contributed by atoms with Crippen LogP contribution < -0.4 is 4.74 Å². The molecule has 0 saturated heterocycles. The van der Waals surface area contributed by atoms with Crippen LogP contribution in [0.2, 0.25) is 0 Å². The van der Waals surface area contributed by atoms with E-state index in [1.807, 2.05) is 11.3 Å². The number of rotatable bonds is 4. The largest absolute Gasteiger partial charge is 0.488 e. The lowest BCUT2D eigenvalue weighted by Gasteiger charge is -2.08. The molecule has 0 saturated carbocycles. The molecular weight excluding hydrogens is 228 g/mol. The summed E-state index contributed by atoms with van der Waals surface area (Å²) in [6.07, 6.45) is 1.11. The lowest BCUT2D eigenvalue weighted by Crippen LogP contribution is -1.95. The molecule has 1 aromatic carbocycles. The third-order valence-electron chi connectivity index (χ3n) is 2.77. The summed E-state index contributed by atoms with van der Waals surface area (Å²) in [6.45, 7) is 7.05. The van der Waals surface area contributed by atoms with E-state index in [2.05, 4.69) is 51.1 Å². The average molecular weight is 246 g/mol. The summed E-state index contributed by atoms with van der Waals surface area (Å²) in [5.74, 6) is 0.988. The van der Waals surface area contributed by atoms with Crippen LogP contribution in [0.3, 0.4) is 0 Å². The van der Waals surface area contributed by atoms with Gasteiger partial charge in [-0.05, 0) is 44.0 Å². The molecular formula is C15H18OS. The molecule has 1 heterocycles. The Labute approximate surface area is 107 Å². The van der Waals surface area contributed by atoms with Gasteiger partial charge in [0, 0.05) is 9.75 Å². The van der Waals surface area contributed by atoms with E-state index >= 15 is 0 Å². The number of hydrogen-bond acceptors (Lipinski definition) is 2. The van der Waals surface area contributed by atoms with Crippen molar-refractivity contribution < 1.29 is 4.74 Å². The second-order valence-corrected chi connectivity index (χ2v) is 5.53. The zero-order valence-corrected chi connectivity index (χ0v) is 11.4. The highest BCUT2D eigenvalue weighted by Gasteiger charge is 2.02. The van der Waals surface area contributed by atoms with Crippen molar-refractivity contribution in [2.45, 2.75) is 33.8 Å². The maximum atomic E-state index is 5.85. The van der Waals surface area contributed by atoms with Crippen LogP contribution in [0, 0.1) is 13.8 Å². The summed E-state index contributed by atoms with van der Waals surface area (Å²) in [5.41, 5.74) is 2.48. The number of thiophene rings is 1. The highest BCUT2D eigenvalue weighted by molar-refractivity contribution is 7.11. The van der Waals surface area contributed by atoms with Gasteiger partial charge in [0.05, 0.1) is 0 Å². The van der Waals surface area contributed by atoms with E-state index in [0.717, 1.165) is 12.2 Å². The van der Waals surface area contributed by atoms with Crippen LogP contribution in [0.4, 0.5) is 0 Å². The Morgan fingerprint density at radius 3 is 2.47 bits per heavy atom. The van der Waals surface area contributed by atoms with E-state index in [1.165, 1.54) is 20.9 Å². The van der Waals surface area contributed by atoms with E-state index in [0.29, 0.717) is 6.61 Å². The Morgan fingerprint density at radius 2 is 1.82 bits per heavy atom. The average Bonchev–Trinajstić information content (AvgIpc) is 2.76. The van der Waals surface area contributed by atoms with Gasteiger partial charge in [0.1, 0.15) is 12.4 Å². The smallest absolute Gasteiger partial charge is 0.122 e. The fourth-order valence-corrected chi connectivity index (χ4v) is 2.67. The Balaban J connectivity index is 2.02. The molecule has 0 aliphatic heterocycles. The summed E-state index contributed by atoms with van der Waals surface area (Å²) in [6, 6.07) is 10.6. The highest BCUT2D eigenvalue weighted by Crippen LogP contribution is 2.22. The molecule has 1 aromatic heterocycles. The van der Waals surface area contributed by atoms with Crippen molar-refractivity contribution in [1.29, 1.82) is 0 Å². The molecule has 2 heteroatoms. The Bertz CT molecular complexity index is 499. The van der Waals surface area contributed by atoms with Gasteiger partial charge in [-0.15, -0.1) is 11.3 Å². The molecule has 0 N–H and O–H groups in total. The van der Waals surface area contributed by atoms with E-state index < -0.39 is 0 Å². The molecule has 2 aromatic rings. The monoisotopic (exact) mass is 246 g/mol. The first kappa shape index (κ1) is 12.2. The molecule has 17 heavy (non-hydrogen) atoms. The Morgan fingerprint density at radius 1 is 1.06 bits per heavy atom. The summed E-state index contributed by atoms with van der Waals surface area (Å²) in [5, 5.41) is 0. The van der Waals surface area contributed by atoms with Gasteiger partial charge in [-0.3, -0.25) is 0 Å². The van der Waals surface area contributed by atoms with E-state index in [1.54, 1.807) is 0 Å². The lowest BCUT2D eigenvalue weighted by atomic mass is 10.1. The van der Waals surface area contributed by atoms with Gasteiger partial charge in [-0.1, -0.05) is 24.6 Å². The summed E-state index contributed by atoms with van der Waals surface area (Å²) < 4.78 is 5.85. The molecule has 0 amide bonds. The zero-order valence-electron chi connectivity index (χ0n) is 10.6. The first-order chi connectivity index (χ1) is 8.19. The van der Waals surface area contributed by atoms with Crippen molar-refractivity contribution in [1.82, 2.24) is 0 Å². The third-order valence-corrected chi connectivity index (χ3v) is 3.97. The second-order valence-electron chi connectivity index (χ2n) is 4.28. The van der Waals surface area contributed by atoms with Crippen LogP contribution in [0.1, 0.15) is 27.8 Å².